The number of methoxy groups -OCH3 is 1. The van der Waals surface area contributed by atoms with Crippen LogP contribution in [-0.2, 0) is 0 Å². The van der Waals surface area contributed by atoms with Gasteiger partial charge >= 0.3 is 0 Å². The van der Waals surface area contributed by atoms with E-state index in [-0.39, 0.29) is 33.6 Å². The molecular weight excluding hydrogens is 410 g/mol. The molecule has 1 aliphatic heterocycles. The Hall–Kier alpha value is -4.03. The topological polar surface area (TPSA) is 140 Å². The van der Waals surface area contributed by atoms with E-state index in [4.69, 9.17) is 26.8 Å². The molecule has 3 aromatic rings. The third-order valence-corrected chi connectivity index (χ3v) is 5.14. The van der Waals surface area contributed by atoms with Crippen LogP contribution in [0.1, 0.15) is 17.0 Å². The molecule has 0 aliphatic carbocycles. The van der Waals surface area contributed by atoms with Crippen molar-refractivity contribution in [3.63, 3.8) is 0 Å². The number of benzene rings is 2. The number of aromatic amines is 1. The molecule has 0 spiro atoms. The smallest absolute Gasteiger partial charge is 0.275 e. The first-order chi connectivity index (χ1) is 14.5. The molecule has 0 amide bonds. The highest BCUT2D eigenvalue weighted by Gasteiger charge is 2.40. The minimum absolute atomic E-state index is 0.00393. The summed E-state index contributed by atoms with van der Waals surface area (Å²) in [7, 11) is 1.54. The van der Waals surface area contributed by atoms with E-state index in [1.807, 2.05) is 12.1 Å². The zero-order chi connectivity index (χ0) is 21.4. The second-order valence-corrected chi connectivity index (χ2v) is 6.81. The zero-order valence-corrected chi connectivity index (χ0v) is 16.3. The van der Waals surface area contributed by atoms with Crippen molar-refractivity contribution in [2.24, 2.45) is 5.73 Å². The molecule has 3 N–H and O–H groups in total. The van der Waals surface area contributed by atoms with Crippen LogP contribution in [0.25, 0.3) is 11.3 Å². The number of allylic oxidation sites excluding steroid dienone is 1. The number of H-pyrrole nitrogens is 1. The third kappa shape index (κ3) is 3.00. The minimum atomic E-state index is -0.951. The third-order valence-electron chi connectivity index (χ3n) is 4.81. The normalized spacial score (nSPS) is 15.2. The van der Waals surface area contributed by atoms with E-state index in [1.165, 1.54) is 25.3 Å². The summed E-state index contributed by atoms with van der Waals surface area (Å²) in [5, 5.41) is 28.7. The second kappa shape index (κ2) is 7.42. The monoisotopic (exact) mass is 423 g/mol. The largest absolute Gasteiger partial charge is 0.497 e. The number of nitro groups is 1. The molecule has 150 valence electrons. The van der Waals surface area contributed by atoms with Crippen molar-refractivity contribution >= 4 is 17.3 Å². The lowest BCUT2D eigenvalue weighted by atomic mass is 9.82. The van der Waals surface area contributed by atoms with Gasteiger partial charge < -0.3 is 15.2 Å². The Kier molecular flexibility index (Phi) is 4.77. The number of nitro benzene ring substituents is 1. The average molecular weight is 424 g/mol. The summed E-state index contributed by atoms with van der Waals surface area (Å²) in [4.78, 5) is 11.2. The van der Waals surface area contributed by atoms with Crippen molar-refractivity contribution in [2.45, 2.75) is 5.92 Å². The highest BCUT2D eigenvalue weighted by molar-refractivity contribution is 6.31. The number of rotatable bonds is 4. The second-order valence-electron chi connectivity index (χ2n) is 6.40. The van der Waals surface area contributed by atoms with Crippen molar-refractivity contribution in [1.82, 2.24) is 10.2 Å². The fourth-order valence-corrected chi connectivity index (χ4v) is 3.78. The van der Waals surface area contributed by atoms with Crippen LogP contribution in [0, 0.1) is 21.4 Å². The van der Waals surface area contributed by atoms with Crippen LogP contribution in [0.15, 0.2) is 53.9 Å². The van der Waals surface area contributed by atoms with E-state index < -0.39 is 10.8 Å². The van der Waals surface area contributed by atoms with Gasteiger partial charge in [-0.2, -0.15) is 5.26 Å². The molecule has 30 heavy (non-hydrogen) atoms. The Morgan fingerprint density at radius 1 is 1.33 bits per heavy atom. The van der Waals surface area contributed by atoms with E-state index in [9.17, 15) is 15.4 Å². The SMILES string of the molecule is COc1cccc(-c2[nH]nc3c2[C@@H](c2c(Cl)cccc2[N+](=O)[O-])C(C#N)=C(N)O3)c1. The minimum Gasteiger partial charge on any atom is -0.497 e. The lowest BCUT2D eigenvalue weighted by Gasteiger charge is -2.24. The molecule has 10 heteroatoms. The predicted molar refractivity (Wildman–Crippen MR) is 108 cm³/mol. The van der Waals surface area contributed by atoms with Gasteiger partial charge in [0.05, 0.1) is 39.8 Å². The van der Waals surface area contributed by atoms with Gasteiger partial charge in [-0.25, -0.2) is 0 Å². The number of hydrogen-bond donors (Lipinski definition) is 2. The molecule has 0 radical (unpaired) electrons. The van der Waals surface area contributed by atoms with Crippen LogP contribution in [0.2, 0.25) is 5.02 Å². The van der Waals surface area contributed by atoms with Crippen molar-refractivity contribution < 1.29 is 14.4 Å². The molecule has 0 saturated carbocycles. The first kappa shape index (κ1) is 19.3. The van der Waals surface area contributed by atoms with Gasteiger partial charge in [0.15, 0.2) is 0 Å². The van der Waals surface area contributed by atoms with Crippen molar-refractivity contribution in [1.29, 1.82) is 5.26 Å². The summed E-state index contributed by atoms with van der Waals surface area (Å²) in [5.41, 5.74) is 7.46. The van der Waals surface area contributed by atoms with Gasteiger partial charge in [-0.3, -0.25) is 15.2 Å². The Balaban J connectivity index is 2.03. The van der Waals surface area contributed by atoms with Gasteiger partial charge in [0, 0.05) is 11.6 Å². The zero-order valence-electron chi connectivity index (χ0n) is 15.5. The van der Waals surface area contributed by atoms with Crippen molar-refractivity contribution in [3.8, 4) is 29.0 Å². The summed E-state index contributed by atoms with van der Waals surface area (Å²) >= 11 is 6.39. The molecule has 2 aromatic carbocycles. The maximum absolute atomic E-state index is 11.7. The lowest BCUT2D eigenvalue weighted by molar-refractivity contribution is -0.385. The van der Waals surface area contributed by atoms with Crippen molar-refractivity contribution in [3.05, 3.63) is 80.2 Å². The molecule has 0 saturated heterocycles. The number of ether oxygens (including phenoxy) is 2. The van der Waals surface area contributed by atoms with E-state index in [2.05, 4.69) is 10.2 Å². The van der Waals surface area contributed by atoms with E-state index in [0.29, 0.717) is 22.6 Å². The molecule has 1 atom stereocenters. The number of fused-ring (bicyclic) bond motifs is 1. The van der Waals surface area contributed by atoms with Gasteiger partial charge in [0.25, 0.3) is 5.69 Å². The van der Waals surface area contributed by atoms with Gasteiger partial charge in [-0.15, -0.1) is 5.10 Å². The number of halogens is 1. The molecule has 0 fully saturated rings. The fourth-order valence-electron chi connectivity index (χ4n) is 3.50. The molecule has 9 nitrogen and oxygen atoms in total. The average Bonchev–Trinajstić information content (AvgIpc) is 3.16. The van der Waals surface area contributed by atoms with Crippen LogP contribution in [0.5, 0.6) is 11.6 Å². The van der Waals surface area contributed by atoms with Crippen LogP contribution >= 0.6 is 11.6 Å². The van der Waals surface area contributed by atoms with Gasteiger partial charge in [0.1, 0.15) is 17.4 Å². The van der Waals surface area contributed by atoms with Gasteiger partial charge in [0.2, 0.25) is 11.8 Å². The lowest BCUT2D eigenvalue weighted by Crippen LogP contribution is -2.21. The molecular formula is C20H14ClN5O4. The molecule has 2 heterocycles. The van der Waals surface area contributed by atoms with E-state index in [1.54, 1.807) is 18.2 Å². The molecule has 0 bridgehead atoms. The number of hydrogen-bond acceptors (Lipinski definition) is 7. The number of nitrogens with two attached hydrogens (primary N) is 1. The number of aromatic nitrogens is 2. The first-order valence-electron chi connectivity index (χ1n) is 8.69. The Morgan fingerprint density at radius 2 is 2.10 bits per heavy atom. The highest BCUT2D eigenvalue weighted by atomic mass is 35.5. The van der Waals surface area contributed by atoms with Gasteiger partial charge in [-0.1, -0.05) is 29.8 Å². The van der Waals surface area contributed by atoms with Crippen LogP contribution in [0.4, 0.5) is 5.69 Å². The van der Waals surface area contributed by atoms with Crippen LogP contribution in [-0.4, -0.2) is 22.2 Å². The quantitative estimate of drug-likeness (QED) is 0.479. The number of nitriles is 1. The maximum atomic E-state index is 11.7. The molecule has 0 unspecified atom stereocenters. The van der Waals surface area contributed by atoms with Crippen LogP contribution < -0.4 is 15.2 Å². The summed E-state index contributed by atoms with van der Waals surface area (Å²) in [6, 6.07) is 13.5. The maximum Gasteiger partial charge on any atom is 0.275 e. The number of nitrogens with one attached hydrogen (secondary N) is 1. The molecule has 1 aromatic heterocycles. The summed E-state index contributed by atoms with van der Waals surface area (Å²) in [6.07, 6.45) is 0. The van der Waals surface area contributed by atoms with Crippen molar-refractivity contribution in [2.75, 3.05) is 7.11 Å². The summed E-state index contributed by atoms with van der Waals surface area (Å²) in [5.74, 6) is -0.423. The first-order valence-corrected chi connectivity index (χ1v) is 9.07. The standard InChI is InChI=1S/C20H14ClN5O4/c1-29-11-5-2-4-10(8-11)18-17-15(12(9-22)19(23)30-20(17)25-24-18)16-13(21)6-3-7-14(16)26(27)28/h2-8,15H,23H2,1H3,(H,24,25)/t15-/m1/s1. The predicted octanol–water partition coefficient (Wildman–Crippen LogP) is 3.87. The summed E-state index contributed by atoms with van der Waals surface area (Å²) in [6.45, 7) is 0. The molecule has 1 aliphatic rings. The summed E-state index contributed by atoms with van der Waals surface area (Å²) < 4.78 is 10.8. The van der Waals surface area contributed by atoms with Crippen LogP contribution in [0.3, 0.4) is 0 Å². The Labute approximate surface area is 175 Å². The Morgan fingerprint density at radius 3 is 2.80 bits per heavy atom. The Bertz CT molecular complexity index is 1240. The number of nitrogens with zero attached hydrogens (tertiary/aromatic N) is 3. The van der Waals surface area contributed by atoms with E-state index in [0.717, 1.165) is 0 Å². The van der Waals surface area contributed by atoms with Gasteiger partial charge in [-0.05, 0) is 18.2 Å². The highest BCUT2D eigenvalue weighted by Crippen LogP contribution is 2.49. The fraction of sp³-hybridized carbons (Fsp3) is 0.100. The van der Waals surface area contributed by atoms with E-state index >= 15 is 0 Å². The molecule has 4 rings (SSSR count).